The monoisotopic (exact) mass is 474 g/mol. The maximum absolute atomic E-state index is 12.5. The summed E-state index contributed by atoms with van der Waals surface area (Å²) in [6.07, 6.45) is 3.48. The fraction of sp³-hybridized carbons (Fsp3) is 0.167. The number of aromatic nitrogens is 4. The van der Waals surface area contributed by atoms with Crippen molar-refractivity contribution in [3.8, 4) is 11.3 Å². The Labute approximate surface area is 209 Å². The van der Waals surface area contributed by atoms with E-state index in [2.05, 4.69) is 93.9 Å². The second-order valence-electron chi connectivity index (χ2n) is 8.89. The van der Waals surface area contributed by atoms with Gasteiger partial charge < -0.3 is 4.74 Å². The average Bonchev–Trinajstić information content (AvgIpc) is 3.56. The zero-order valence-corrected chi connectivity index (χ0v) is 20.0. The summed E-state index contributed by atoms with van der Waals surface area (Å²) in [5, 5.41) is 12.6. The van der Waals surface area contributed by atoms with E-state index in [0.29, 0.717) is 18.7 Å². The normalized spacial score (nSPS) is 12.6. The molecule has 5 aromatic rings. The van der Waals surface area contributed by atoms with Gasteiger partial charge in [-0.1, -0.05) is 91.0 Å². The Balaban J connectivity index is 1.60. The summed E-state index contributed by atoms with van der Waals surface area (Å²) in [6, 6.07) is 31.4. The Bertz CT molecular complexity index is 1410. The number of carbonyl (C=O) groups is 1. The summed E-state index contributed by atoms with van der Waals surface area (Å²) in [7, 11) is 0. The summed E-state index contributed by atoms with van der Waals surface area (Å²) in [4.78, 5) is 12.5. The predicted octanol–water partition coefficient (Wildman–Crippen LogP) is 5.39. The fourth-order valence-electron chi connectivity index (χ4n) is 5.35. The molecule has 0 fully saturated rings. The predicted molar refractivity (Wildman–Crippen MR) is 138 cm³/mol. The van der Waals surface area contributed by atoms with Crippen molar-refractivity contribution >= 4 is 5.97 Å². The quantitative estimate of drug-likeness (QED) is 0.265. The second kappa shape index (κ2) is 8.96. The van der Waals surface area contributed by atoms with Crippen molar-refractivity contribution in [3.63, 3.8) is 0 Å². The molecule has 0 radical (unpaired) electrons. The molecular formula is C30H26N4O2. The molecule has 3 aromatic carbocycles. The molecule has 0 saturated carbocycles. The minimum atomic E-state index is -0.693. The summed E-state index contributed by atoms with van der Waals surface area (Å²) < 4.78 is 7.32. The van der Waals surface area contributed by atoms with Crippen LogP contribution in [0.3, 0.4) is 0 Å². The van der Waals surface area contributed by atoms with E-state index in [1.54, 1.807) is 6.92 Å². The molecular weight excluding hydrogens is 448 g/mol. The lowest BCUT2D eigenvalue weighted by Crippen LogP contribution is -2.38. The first kappa shape index (κ1) is 22.0. The number of hydrogen-bond donors (Lipinski definition) is 1. The van der Waals surface area contributed by atoms with Gasteiger partial charge in [-0.15, -0.1) is 0 Å². The Kier molecular flexibility index (Phi) is 5.49. The van der Waals surface area contributed by atoms with E-state index in [9.17, 15) is 4.79 Å². The van der Waals surface area contributed by atoms with Gasteiger partial charge in [0.05, 0.1) is 18.0 Å². The number of H-pyrrole nitrogens is 1. The number of nitrogens with zero attached hydrogens (tertiary/aromatic N) is 3. The van der Waals surface area contributed by atoms with Gasteiger partial charge in [0.15, 0.2) is 0 Å². The van der Waals surface area contributed by atoms with Gasteiger partial charge in [0.25, 0.3) is 0 Å². The standard InChI is InChI=1S/C30H26N4O2/c1-2-36-29(35)28-24-18-19-26-25(27(24)31-32-28)20-34(33-26)30(21-12-6-3-7-13-21,22-14-8-4-9-15-22)23-16-10-5-11-17-23/h3-17,20H,2,18-19H2,1H3,(H,31,32). The first-order valence-electron chi connectivity index (χ1n) is 12.2. The molecule has 0 aliphatic heterocycles. The highest BCUT2D eigenvalue weighted by Crippen LogP contribution is 2.43. The molecule has 0 unspecified atom stereocenters. The van der Waals surface area contributed by atoms with E-state index in [1.165, 1.54) is 0 Å². The van der Waals surface area contributed by atoms with Crippen molar-refractivity contribution < 1.29 is 9.53 Å². The average molecular weight is 475 g/mol. The number of hydrogen-bond acceptors (Lipinski definition) is 4. The van der Waals surface area contributed by atoms with E-state index in [1.807, 2.05) is 18.2 Å². The van der Waals surface area contributed by atoms with E-state index in [0.717, 1.165) is 45.6 Å². The van der Waals surface area contributed by atoms with Gasteiger partial charge in [-0.2, -0.15) is 10.2 Å². The molecule has 0 saturated heterocycles. The molecule has 6 nitrogen and oxygen atoms in total. The summed E-state index contributed by atoms with van der Waals surface area (Å²) in [6.45, 7) is 2.13. The summed E-state index contributed by atoms with van der Waals surface area (Å²) >= 11 is 0. The highest BCUT2D eigenvalue weighted by atomic mass is 16.5. The Morgan fingerprint density at radius 2 is 1.44 bits per heavy atom. The van der Waals surface area contributed by atoms with Crippen molar-refractivity contribution in [2.24, 2.45) is 0 Å². The fourth-order valence-corrected chi connectivity index (χ4v) is 5.35. The lowest BCUT2D eigenvalue weighted by atomic mass is 9.77. The van der Waals surface area contributed by atoms with Crippen LogP contribution in [0.25, 0.3) is 11.3 Å². The van der Waals surface area contributed by atoms with Crippen LogP contribution in [0.4, 0.5) is 0 Å². The highest BCUT2D eigenvalue weighted by Gasteiger charge is 2.41. The Morgan fingerprint density at radius 3 is 1.97 bits per heavy atom. The van der Waals surface area contributed by atoms with Crippen molar-refractivity contribution in [1.29, 1.82) is 0 Å². The van der Waals surface area contributed by atoms with Gasteiger partial charge in [0.1, 0.15) is 11.2 Å². The van der Waals surface area contributed by atoms with Crippen LogP contribution < -0.4 is 0 Å². The number of aryl methyl sites for hydroxylation is 1. The van der Waals surface area contributed by atoms with Gasteiger partial charge >= 0.3 is 5.97 Å². The smallest absolute Gasteiger partial charge is 0.356 e. The number of esters is 1. The third-order valence-electron chi connectivity index (χ3n) is 6.92. The minimum absolute atomic E-state index is 0.323. The second-order valence-corrected chi connectivity index (χ2v) is 8.89. The number of aromatic amines is 1. The number of benzene rings is 3. The number of fused-ring (bicyclic) bond motifs is 3. The van der Waals surface area contributed by atoms with Crippen LogP contribution in [0, 0.1) is 0 Å². The van der Waals surface area contributed by atoms with Gasteiger partial charge in [0, 0.05) is 17.3 Å². The van der Waals surface area contributed by atoms with Crippen molar-refractivity contribution in [2.75, 3.05) is 6.61 Å². The van der Waals surface area contributed by atoms with Crippen LogP contribution in [-0.2, 0) is 23.1 Å². The zero-order valence-electron chi connectivity index (χ0n) is 20.0. The number of nitrogens with one attached hydrogen (secondary N) is 1. The number of ether oxygens (including phenoxy) is 1. The molecule has 178 valence electrons. The van der Waals surface area contributed by atoms with Gasteiger partial charge in [0.2, 0.25) is 0 Å². The molecule has 2 aromatic heterocycles. The third-order valence-corrected chi connectivity index (χ3v) is 6.92. The van der Waals surface area contributed by atoms with E-state index in [-0.39, 0.29) is 5.97 Å². The van der Waals surface area contributed by atoms with Crippen molar-refractivity contribution in [2.45, 2.75) is 25.3 Å². The van der Waals surface area contributed by atoms with E-state index in [4.69, 9.17) is 9.84 Å². The van der Waals surface area contributed by atoms with Crippen LogP contribution in [0.1, 0.15) is 45.4 Å². The molecule has 0 atom stereocenters. The Hall–Kier alpha value is -4.45. The molecule has 0 spiro atoms. The van der Waals surface area contributed by atoms with Crippen LogP contribution in [0.2, 0.25) is 0 Å². The molecule has 6 rings (SSSR count). The number of rotatable bonds is 6. The van der Waals surface area contributed by atoms with Crippen molar-refractivity contribution in [3.05, 3.63) is 131 Å². The molecule has 0 bridgehead atoms. The molecule has 0 amide bonds. The molecule has 2 heterocycles. The first-order chi connectivity index (χ1) is 17.7. The van der Waals surface area contributed by atoms with Crippen LogP contribution in [-0.4, -0.2) is 32.6 Å². The SMILES string of the molecule is CCOC(=O)c1[nH]nc2c1CCc1nn(C(c3ccccc3)(c3ccccc3)c3ccccc3)cc1-2. The van der Waals surface area contributed by atoms with Gasteiger partial charge in [-0.05, 0) is 36.5 Å². The van der Waals surface area contributed by atoms with Gasteiger partial charge in [-0.25, -0.2) is 4.79 Å². The lowest BCUT2D eigenvalue weighted by Gasteiger charge is -2.36. The maximum Gasteiger partial charge on any atom is 0.356 e. The summed E-state index contributed by atoms with van der Waals surface area (Å²) in [5.74, 6) is -0.366. The van der Waals surface area contributed by atoms with E-state index >= 15 is 0 Å². The third kappa shape index (κ3) is 3.37. The minimum Gasteiger partial charge on any atom is -0.461 e. The summed E-state index contributed by atoms with van der Waals surface area (Å²) in [5.41, 5.74) is 6.64. The van der Waals surface area contributed by atoms with Crippen LogP contribution >= 0.6 is 0 Å². The molecule has 6 heteroatoms. The van der Waals surface area contributed by atoms with Crippen molar-refractivity contribution in [1.82, 2.24) is 20.0 Å². The van der Waals surface area contributed by atoms with Crippen LogP contribution in [0.15, 0.2) is 97.2 Å². The van der Waals surface area contributed by atoms with Gasteiger partial charge in [-0.3, -0.25) is 9.78 Å². The zero-order chi connectivity index (χ0) is 24.5. The molecule has 1 N–H and O–H groups in total. The molecule has 36 heavy (non-hydrogen) atoms. The molecule has 1 aliphatic rings. The topological polar surface area (TPSA) is 72.8 Å². The maximum atomic E-state index is 12.5. The molecule has 1 aliphatic carbocycles. The largest absolute Gasteiger partial charge is 0.461 e. The number of carbonyl (C=O) groups excluding carboxylic acids is 1. The van der Waals surface area contributed by atoms with E-state index < -0.39 is 5.54 Å². The first-order valence-corrected chi connectivity index (χ1v) is 12.2. The highest BCUT2D eigenvalue weighted by molar-refractivity contribution is 5.91. The lowest BCUT2D eigenvalue weighted by molar-refractivity contribution is 0.0518. The van der Waals surface area contributed by atoms with Crippen LogP contribution in [0.5, 0.6) is 0 Å². The Morgan fingerprint density at radius 1 is 0.889 bits per heavy atom.